The average molecular weight is 275 g/mol. The Balaban J connectivity index is 1.81. The molecule has 0 aromatic heterocycles. The summed E-state index contributed by atoms with van der Waals surface area (Å²) >= 11 is 0. The summed E-state index contributed by atoms with van der Waals surface area (Å²) in [5.41, 5.74) is 7.57. The number of amides is 2. The highest BCUT2D eigenvalue weighted by atomic mass is 16.2. The molecule has 1 aromatic carbocycles. The zero-order valence-corrected chi connectivity index (χ0v) is 12.2. The Hall–Kier alpha value is -1.71. The summed E-state index contributed by atoms with van der Waals surface area (Å²) in [4.78, 5) is 12.0. The third-order valence-electron chi connectivity index (χ3n) is 3.90. The number of carbonyl (C=O) groups is 1. The fourth-order valence-electron chi connectivity index (χ4n) is 2.53. The Morgan fingerprint density at radius 1 is 1.25 bits per heavy atom. The second-order valence-electron chi connectivity index (χ2n) is 5.61. The van der Waals surface area contributed by atoms with Crippen LogP contribution in [0.25, 0.3) is 0 Å². The van der Waals surface area contributed by atoms with Gasteiger partial charge in [-0.1, -0.05) is 44.4 Å². The molecule has 4 nitrogen and oxygen atoms in total. The summed E-state index contributed by atoms with van der Waals surface area (Å²) in [6, 6.07) is 7.70. The van der Waals surface area contributed by atoms with Crippen LogP contribution in [0.15, 0.2) is 24.3 Å². The highest BCUT2D eigenvalue weighted by Gasteiger charge is 2.46. The van der Waals surface area contributed by atoms with Gasteiger partial charge in [0.05, 0.1) is 5.54 Å². The Morgan fingerprint density at radius 3 is 2.65 bits per heavy atom. The number of unbranched alkanes of at least 4 members (excludes halogenated alkanes) is 3. The minimum Gasteiger partial charge on any atom is -0.398 e. The van der Waals surface area contributed by atoms with E-state index >= 15 is 0 Å². The van der Waals surface area contributed by atoms with Crippen molar-refractivity contribution < 1.29 is 4.79 Å². The molecule has 0 bridgehead atoms. The van der Waals surface area contributed by atoms with E-state index in [0.29, 0.717) is 0 Å². The van der Waals surface area contributed by atoms with Crippen molar-refractivity contribution in [1.82, 2.24) is 10.6 Å². The van der Waals surface area contributed by atoms with Gasteiger partial charge in [-0.2, -0.15) is 0 Å². The Morgan fingerprint density at radius 2 is 2.00 bits per heavy atom. The van der Waals surface area contributed by atoms with Crippen LogP contribution < -0.4 is 16.4 Å². The van der Waals surface area contributed by atoms with Crippen LogP contribution in [0, 0.1) is 0 Å². The number of hydrogen-bond acceptors (Lipinski definition) is 2. The molecular weight excluding hydrogens is 250 g/mol. The zero-order valence-electron chi connectivity index (χ0n) is 12.2. The van der Waals surface area contributed by atoms with E-state index in [1.54, 1.807) is 0 Å². The zero-order chi connectivity index (χ0) is 14.4. The maximum atomic E-state index is 12.0. The van der Waals surface area contributed by atoms with Crippen LogP contribution in [0.5, 0.6) is 0 Å². The van der Waals surface area contributed by atoms with Crippen molar-refractivity contribution in [2.75, 3.05) is 12.3 Å². The first-order valence-corrected chi connectivity index (χ1v) is 7.59. The fourth-order valence-corrected chi connectivity index (χ4v) is 2.53. The van der Waals surface area contributed by atoms with E-state index < -0.39 is 0 Å². The molecule has 1 aliphatic rings. The Bertz CT molecular complexity index is 455. The lowest BCUT2D eigenvalue weighted by molar-refractivity contribution is 0.235. The quantitative estimate of drug-likeness (QED) is 0.528. The van der Waals surface area contributed by atoms with E-state index in [1.165, 1.54) is 19.3 Å². The van der Waals surface area contributed by atoms with Crippen molar-refractivity contribution in [3.8, 4) is 0 Å². The van der Waals surface area contributed by atoms with Crippen LogP contribution in [-0.2, 0) is 5.54 Å². The maximum absolute atomic E-state index is 12.0. The van der Waals surface area contributed by atoms with Crippen molar-refractivity contribution in [2.24, 2.45) is 0 Å². The summed E-state index contributed by atoms with van der Waals surface area (Å²) in [7, 11) is 0. The van der Waals surface area contributed by atoms with Crippen LogP contribution in [0.3, 0.4) is 0 Å². The highest BCUT2D eigenvalue weighted by molar-refractivity contribution is 5.76. The third-order valence-corrected chi connectivity index (χ3v) is 3.90. The monoisotopic (exact) mass is 275 g/mol. The second kappa shape index (κ2) is 6.64. The van der Waals surface area contributed by atoms with Gasteiger partial charge in [-0.05, 0) is 25.3 Å². The predicted molar refractivity (Wildman–Crippen MR) is 82.4 cm³/mol. The van der Waals surface area contributed by atoms with Crippen LogP contribution in [-0.4, -0.2) is 12.6 Å². The molecule has 1 aromatic rings. The largest absolute Gasteiger partial charge is 0.398 e. The van der Waals surface area contributed by atoms with Crippen LogP contribution in [0.4, 0.5) is 10.5 Å². The normalized spacial score (nSPS) is 15.7. The van der Waals surface area contributed by atoms with Gasteiger partial charge < -0.3 is 16.4 Å². The number of rotatable bonds is 7. The van der Waals surface area contributed by atoms with Gasteiger partial charge in [0.15, 0.2) is 0 Å². The number of hydrogen-bond donors (Lipinski definition) is 3. The Kier molecular flexibility index (Phi) is 4.88. The molecule has 4 N–H and O–H groups in total. The smallest absolute Gasteiger partial charge is 0.315 e. The molecule has 0 unspecified atom stereocenters. The predicted octanol–water partition coefficient (Wildman–Crippen LogP) is 3.14. The summed E-state index contributed by atoms with van der Waals surface area (Å²) in [6.07, 6.45) is 6.58. The first kappa shape index (κ1) is 14.7. The topological polar surface area (TPSA) is 67.2 Å². The van der Waals surface area contributed by atoms with Crippen molar-refractivity contribution >= 4 is 11.7 Å². The van der Waals surface area contributed by atoms with Crippen molar-refractivity contribution in [3.63, 3.8) is 0 Å². The van der Waals surface area contributed by atoms with E-state index in [2.05, 4.69) is 17.6 Å². The molecule has 0 atom stereocenters. The van der Waals surface area contributed by atoms with Crippen LogP contribution in [0.1, 0.15) is 51.0 Å². The molecule has 0 aliphatic heterocycles. The van der Waals surface area contributed by atoms with Gasteiger partial charge >= 0.3 is 6.03 Å². The van der Waals surface area contributed by atoms with E-state index in [1.807, 2.05) is 24.3 Å². The van der Waals surface area contributed by atoms with Crippen molar-refractivity contribution in [1.29, 1.82) is 0 Å². The summed E-state index contributed by atoms with van der Waals surface area (Å²) in [6.45, 7) is 2.92. The Labute approximate surface area is 121 Å². The van der Waals surface area contributed by atoms with Gasteiger partial charge in [0, 0.05) is 17.8 Å². The summed E-state index contributed by atoms with van der Waals surface area (Å²) in [5, 5.41) is 6.02. The maximum Gasteiger partial charge on any atom is 0.315 e. The summed E-state index contributed by atoms with van der Waals surface area (Å²) < 4.78 is 0. The van der Waals surface area contributed by atoms with Gasteiger partial charge in [0.2, 0.25) is 0 Å². The molecule has 2 rings (SSSR count). The van der Waals surface area contributed by atoms with Crippen LogP contribution in [0.2, 0.25) is 0 Å². The first-order chi connectivity index (χ1) is 9.68. The molecular formula is C16H25N3O. The minimum atomic E-state index is -0.237. The molecule has 4 heteroatoms. The van der Waals surface area contributed by atoms with Gasteiger partial charge in [-0.15, -0.1) is 0 Å². The van der Waals surface area contributed by atoms with E-state index in [4.69, 9.17) is 5.73 Å². The first-order valence-electron chi connectivity index (χ1n) is 7.59. The number of nitrogens with two attached hydrogens (primary N) is 1. The van der Waals surface area contributed by atoms with Gasteiger partial charge in [0.25, 0.3) is 0 Å². The van der Waals surface area contributed by atoms with E-state index in [9.17, 15) is 4.79 Å². The minimum absolute atomic E-state index is 0.0812. The molecule has 0 saturated heterocycles. The number of nitrogen functional groups attached to an aromatic ring is 1. The van der Waals surface area contributed by atoms with Gasteiger partial charge in [-0.25, -0.2) is 4.79 Å². The molecule has 1 aliphatic carbocycles. The molecule has 0 radical (unpaired) electrons. The van der Waals surface area contributed by atoms with E-state index in [0.717, 1.165) is 37.1 Å². The highest BCUT2D eigenvalue weighted by Crippen LogP contribution is 2.47. The number of anilines is 1. The van der Waals surface area contributed by atoms with Crippen molar-refractivity contribution in [2.45, 2.75) is 51.0 Å². The average Bonchev–Trinajstić information content (AvgIpc) is 3.19. The lowest BCUT2D eigenvalue weighted by Crippen LogP contribution is -2.42. The fraction of sp³-hybridized carbons (Fsp3) is 0.562. The molecule has 0 spiro atoms. The number of para-hydroxylation sites is 1. The van der Waals surface area contributed by atoms with Crippen molar-refractivity contribution in [3.05, 3.63) is 29.8 Å². The summed E-state index contributed by atoms with van der Waals surface area (Å²) in [5.74, 6) is 0. The SMILES string of the molecule is CCCCCCNC(=O)NC1(c2ccccc2N)CC1. The van der Waals surface area contributed by atoms with Crippen LogP contribution >= 0.6 is 0 Å². The number of benzene rings is 1. The van der Waals surface area contributed by atoms with E-state index in [-0.39, 0.29) is 11.6 Å². The standard InChI is InChI=1S/C16H25N3O/c1-2-3-4-7-12-18-15(20)19-16(10-11-16)13-8-5-6-9-14(13)17/h5-6,8-9H,2-4,7,10-12,17H2,1H3,(H2,18,19,20). The number of nitrogens with one attached hydrogen (secondary N) is 2. The number of urea groups is 1. The molecule has 1 saturated carbocycles. The lowest BCUT2D eigenvalue weighted by atomic mass is 10.0. The molecule has 2 amide bonds. The second-order valence-corrected chi connectivity index (χ2v) is 5.61. The van der Waals surface area contributed by atoms with Gasteiger partial charge in [-0.3, -0.25) is 0 Å². The number of carbonyl (C=O) groups excluding carboxylic acids is 1. The molecule has 1 fully saturated rings. The molecule has 110 valence electrons. The molecule has 20 heavy (non-hydrogen) atoms. The third kappa shape index (κ3) is 3.65. The van der Waals surface area contributed by atoms with Gasteiger partial charge in [0.1, 0.15) is 0 Å². The lowest BCUT2D eigenvalue weighted by Gasteiger charge is -2.20. The molecule has 0 heterocycles.